The molecular formula is C47H30N4O. The first-order chi connectivity index (χ1) is 25.7. The number of nitrogens with one attached hydrogen (secondary N) is 1. The molecule has 1 unspecified atom stereocenters. The molecule has 0 aliphatic carbocycles. The summed E-state index contributed by atoms with van der Waals surface area (Å²) in [5, 5.41) is 13.1. The maximum Gasteiger partial charge on any atom is 0.159 e. The molecule has 0 bridgehead atoms. The van der Waals surface area contributed by atoms with Gasteiger partial charge in [0.05, 0.1) is 22.1 Å². The Hall–Kier alpha value is -6.98. The maximum absolute atomic E-state index is 6.66. The summed E-state index contributed by atoms with van der Waals surface area (Å²) >= 11 is 0. The lowest BCUT2D eigenvalue weighted by Crippen LogP contribution is -2.33. The third-order valence-corrected chi connectivity index (χ3v) is 10.4. The van der Waals surface area contributed by atoms with Crippen molar-refractivity contribution < 1.29 is 4.42 Å². The van der Waals surface area contributed by atoms with Crippen molar-refractivity contribution in [3.63, 3.8) is 0 Å². The van der Waals surface area contributed by atoms with Crippen LogP contribution in [0, 0.1) is 0 Å². The van der Waals surface area contributed by atoms with Gasteiger partial charge in [0.25, 0.3) is 0 Å². The van der Waals surface area contributed by atoms with Gasteiger partial charge in [0.2, 0.25) is 0 Å². The molecule has 0 radical (unpaired) electrons. The Morgan fingerprint density at radius 2 is 1.17 bits per heavy atom. The van der Waals surface area contributed by atoms with E-state index in [0.29, 0.717) is 5.84 Å². The van der Waals surface area contributed by atoms with E-state index in [1.807, 2.05) is 48.5 Å². The minimum atomic E-state index is -0.312. The number of aromatic nitrogens is 1. The number of rotatable bonds is 4. The Morgan fingerprint density at radius 3 is 1.98 bits per heavy atom. The molecule has 5 nitrogen and oxygen atoms in total. The van der Waals surface area contributed by atoms with Gasteiger partial charge in [-0.1, -0.05) is 121 Å². The molecule has 8 aromatic carbocycles. The largest absolute Gasteiger partial charge is 0.456 e. The molecule has 0 saturated carbocycles. The topological polar surface area (TPSA) is 54.8 Å². The van der Waals surface area contributed by atoms with Crippen LogP contribution < -0.4 is 5.32 Å². The van der Waals surface area contributed by atoms with Crippen molar-refractivity contribution in [1.82, 2.24) is 9.88 Å². The highest BCUT2D eigenvalue weighted by Crippen LogP contribution is 2.41. The maximum atomic E-state index is 6.66. The van der Waals surface area contributed by atoms with E-state index in [0.717, 1.165) is 61.2 Å². The fourth-order valence-corrected chi connectivity index (χ4v) is 7.93. The van der Waals surface area contributed by atoms with E-state index < -0.39 is 0 Å². The first-order valence-electron chi connectivity index (χ1n) is 17.6. The van der Waals surface area contributed by atoms with Crippen LogP contribution in [0.5, 0.6) is 0 Å². The summed E-state index contributed by atoms with van der Waals surface area (Å²) in [6.45, 7) is 0. The first kappa shape index (κ1) is 28.8. The van der Waals surface area contributed by atoms with Gasteiger partial charge in [-0.05, 0) is 75.6 Å². The van der Waals surface area contributed by atoms with Crippen LogP contribution in [0.1, 0.15) is 22.9 Å². The summed E-state index contributed by atoms with van der Waals surface area (Å²) in [5.74, 6) is 1.43. The highest BCUT2D eigenvalue weighted by molar-refractivity contribution is 6.20. The lowest BCUT2D eigenvalue weighted by molar-refractivity contribution is 0.666. The summed E-state index contributed by atoms with van der Waals surface area (Å²) in [6.07, 6.45) is -0.312. The van der Waals surface area contributed by atoms with Crippen LogP contribution in [0.4, 0.5) is 0 Å². The van der Waals surface area contributed by atoms with Crippen LogP contribution in [0.25, 0.3) is 71.0 Å². The van der Waals surface area contributed by atoms with E-state index in [4.69, 9.17) is 14.4 Å². The van der Waals surface area contributed by atoms with Crippen molar-refractivity contribution in [1.29, 1.82) is 0 Å². The molecular weight excluding hydrogens is 637 g/mol. The second-order valence-corrected chi connectivity index (χ2v) is 13.5. The van der Waals surface area contributed by atoms with E-state index in [2.05, 4.69) is 131 Å². The zero-order valence-corrected chi connectivity index (χ0v) is 28.0. The molecule has 1 aliphatic heterocycles. The summed E-state index contributed by atoms with van der Waals surface area (Å²) in [6, 6.07) is 59.8. The number of hydrogen-bond acceptors (Lipinski definition) is 4. The molecule has 0 fully saturated rings. The van der Waals surface area contributed by atoms with E-state index >= 15 is 0 Å². The SMILES string of the molecule is c1ccc(C2=NC(c3ccccc3)NC(c3cc(-n4c5ccccc5c5cc6cc7ccccc7cc6cc54)c4c(c3)oc3ccccc34)=N2)cc1. The van der Waals surface area contributed by atoms with Gasteiger partial charge in [0.1, 0.15) is 23.2 Å². The molecule has 0 amide bonds. The van der Waals surface area contributed by atoms with Crippen molar-refractivity contribution in [2.45, 2.75) is 6.17 Å². The third-order valence-electron chi connectivity index (χ3n) is 10.4. The van der Waals surface area contributed by atoms with Gasteiger partial charge in [0.15, 0.2) is 5.84 Å². The summed E-state index contributed by atoms with van der Waals surface area (Å²) < 4.78 is 9.08. The summed E-state index contributed by atoms with van der Waals surface area (Å²) in [4.78, 5) is 10.3. The van der Waals surface area contributed by atoms with Gasteiger partial charge in [0, 0.05) is 27.3 Å². The van der Waals surface area contributed by atoms with E-state index in [-0.39, 0.29) is 6.17 Å². The molecule has 0 spiro atoms. The zero-order chi connectivity index (χ0) is 34.2. The lowest BCUT2D eigenvalue weighted by atomic mass is 10.0. The van der Waals surface area contributed by atoms with Crippen LogP contribution in [-0.4, -0.2) is 16.2 Å². The van der Waals surface area contributed by atoms with Gasteiger partial charge in [-0.25, -0.2) is 9.98 Å². The molecule has 11 rings (SSSR count). The average Bonchev–Trinajstić information content (AvgIpc) is 3.74. The standard InChI is InChI=1S/C47H30N4O/c1-3-13-29(14-4-1)45-48-46(30-15-5-2-6-16-30)50-47(49-45)35-27-41(44-37-20-10-12-22-42(37)52-43(44)28-35)51-39-21-11-9-19-36(39)38-25-33-23-31-17-7-8-18-32(31)24-34(33)26-40(38)51/h1-28,45H,(H,48,49,50). The van der Waals surface area contributed by atoms with Crippen molar-refractivity contribution >= 4 is 77.0 Å². The van der Waals surface area contributed by atoms with Crippen molar-refractivity contribution in [3.8, 4) is 5.69 Å². The molecule has 244 valence electrons. The minimum Gasteiger partial charge on any atom is -0.456 e. The van der Waals surface area contributed by atoms with Crippen molar-refractivity contribution in [2.24, 2.45) is 9.98 Å². The van der Waals surface area contributed by atoms with Crippen LogP contribution in [0.15, 0.2) is 184 Å². The summed E-state index contributed by atoms with van der Waals surface area (Å²) in [7, 11) is 0. The number of hydrogen-bond donors (Lipinski definition) is 1. The van der Waals surface area contributed by atoms with Crippen molar-refractivity contribution in [2.75, 3.05) is 0 Å². The van der Waals surface area contributed by atoms with Gasteiger partial charge >= 0.3 is 0 Å². The monoisotopic (exact) mass is 666 g/mol. The normalized spacial score (nSPS) is 14.7. The predicted octanol–water partition coefficient (Wildman–Crippen LogP) is 11.5. The van der Waals surface area contributed by atoms with E-state index in [1.54, 1.807) is 0 Å². The van der Waals surface area contributed by atoms with Crippen LogP contribution in [0.3, 0.4) is 0 Å². The van der Waals surface area contributed by atoms with Gasteiger partial charge < -0.3 is 14.3 Å². The highest BCUT2D eigenvalue weighted by atomic mass is 16.3. The number of furan rings is 1. The van der Waals surface area contributed by atoms with Gasteiger partial charge in [-0.15, -0.1) is 0 Å². The van der Waals surface area contributed by atoms with Gasteiger partial charge in [-0.2, -0.15) is 0 Å². The quantitative estimate of drug-likeness (QED) is 0.190. The fraction of sp³-hybridized carbons (Fsp3) is 0.0213. The molecule has 5 heteroatoms. The molecule has 52 heavy (non-hydrogen) atoms. The number of amidine groups is 2. The third kappa shape index (κ3) is 4.49. The fourth-order valence-electron chi connectivity index (χ4n) is 7.93. The Bertz CT molecular complexity index is 3100. The number of aliphatic imine (C=N–C) groups is 2. The highest BCUT2D eigenvalue weighted by Gasteiger charge is 2.25. The Morgan fingerprint density at radius 1 is 0.500 bits per heavy atom. The number of benzene rings is 8. The Labute approximate surface area is 298 Å². The second kappa shape index (κ2) is 11.3. The molecule has 1 N–H and O–H groups in total. The van der Waals surface area contributed by atoms with E-state index in [1.165, 1.54) is 32.3 Å². The Balaban J connectivity index is 1.21. The summed E-state index contributed by atoms with van der Waals surface area (Å²) in [5.41, 5.74) is 7.91. The molecule has 2 aromatic heterocycles. The van der Waals surface area contributed by atoms with Crippen molar-refractivity contribution in [3.05, 3.63) is 187 Å². The van der Waals surface area contributed by atoms with E-state index in [9.17, 15) is 0 Å². The van der Waals surface area contributed by atoms with Crippen LogP contribution in [-0.2, 0) is 0 Å². The number of fused-ring (bicyclic) bond motifs is 8. The zero-order valence-electron chi connectivity index (χ0n) is 28.0. The second-order valence-electron chi connectivity index (χ2n) is 13.5. The van der Waals surface area contributed by atoms with Gasteiger partial charge in [-0.3, -0.25) is 0 Å². The molecule has 0 saturated heterocycles. The Kier molecular flexibility index (Phi) is 6.25. The smallest absolute Gasteiger partial charge is 0.159 e. The first-order valence-corrected chi connectivity index (χ1v) is 17.6. The van der Waals surface area contributed by atoms with Crippen LogP contribution >= 0.6 is 0 Å². The molecule has 10 aromatic rings. The number of para-hydroxylation sites is 2. The van der Waals surface area contributed by atoms with Crippen LogP contribution in [0.2, 0.25) is 0 Å². The molecule has 1 atom stereocenters. The minimum absolute atomic E-state index is 0.312. The number of nitrogens with zero attached hydrogens (tertiary/aromatic N) is 3. The molecule has 1 aliphatic rings. The molecule has 3 heterocycles. The predicted molar refractivity (Wildman–Crippen MR) is 215 cm³/mol. The average molecular weight is 667 g/mol. The lowest BCUT2D eigenvalue weighted by Gasteiger charge is -2.24.